The van der Waals surface area contributed by atoms with Gasteiger partial charge in [-0.2, -0.15) is 0 Å². The molecule has 0 aliphatic heterocycles. The maximum atomic E-state index is 6.95. The van der Waals surface area contributed by atoms with Crippen molar-refractivity contribution in [1.82, 2.24) is 32.8 Å². The first-order valence-corrected chi connectivity index (χ1v) is 32.4. The summed E-state index contributed by atoms with van der Waals surface area (Å²) in [6, 6.07) is 93.4. The third kappa shape index (κ3) is 8.82. The van der Waals surface area contributed by atoms with E-state index in [1.807, 2.05) is 18.2 Å². The molecule has 456 valence electrons. The van der Waals surface area contributed by atoms with E-state index in [0.717, 1.165) is 117 Å². The van der Waals surface area contributed by atoms with Crippen LogP contribution in [0, 0.1) is 0 Å². The van der Waals surface area contributed by atoms with E-state index >= 15 is 0 Å². The average Bonchev–Trinajstić information content (AvgIpc) is 1.59. The Morgan fingerprint density at radius 1 is 0.284 bits per heavy atom. The number of aromatic nitrogens is 7. The number of pyridine rings is 2. The summed E-state index contributed by atoms with van der Waals surface area (Å²) in [4.78, 5) is 10.9. The van der Waals surface area contributed by atoms with Gasteiger partial charge in [0.25, 0.3) is 0 Å². The van der Waals surface area contributed by atoms with Crippen LogP contribution in [0.1, 0.15) is 12.8 Å². The summed E-state index contributed by atoms with van der Waals surface area (Å²) in [5.41, 5.74) is 14.0. The van der Waals surface area contributed by atoms with Crippen molar-refractivity contribution in [2.45, 2.75) is 12.8 Å². The van der Waals surface area contributed by atoms with E-state index in [4.69, 9.17) is 33.3 Å². The number of nitrogens with zero attached hydrogens (tertiary/aromatic N) is 7. The number of aryl methyl sites for hydroxylation is 1. The topological polar surface area (TPSA) is 100 Å². The van der Waals surface area contributed by atoms with E-state index < -0.39 is 0 Å². The second-order valence-electron chi connectivity index (χ2n) is 24.5. The maximum Gasteiger partial charge on any atom is 0.178 e. The van der Waals surface area contributed by atoms with Crippen LogP contribution in [0.5, 0.6) is 23.0 Å². The number of rotatable bonds is 16. The third-order valence-electron chi connectivity index (χ3n) is 19.0. The maximum absolute atomic E-state index is 6.95. The van der Waals surface area contributed by atoms with Crippen LogP contribution in [0.25, 0.3) is 154 Å². The highest BCUT2D eigenvalue weighted by molar-refractivity contribution is 6.15. The minimum atomic E-state index is 0.443. The fraction of sp³-hybridized carbons (Fsp3) is 0.0843. The minimum Gasteiger partial charge on any atom is -0.493 e. The second-order valence-corrected chi connectivity index (χ2v) is 24.5. The summed E-state index contributed by atoms with van der Waals surface area (Å²) >= 11 is 0. The monoisotopic (exact) mass is 1230 g/mol. The van der Waals surface area contributed by atoms with E-state index in [0.29, 0.717) is 56.2 Å². The first-order chi connectivity index (χ1) is 47.0. The van der Waals surface area contributed by atoms with Crippen LogP contribution in [0.15, 0.2) is 271 Å². The number of furan rings is 1. The van der Waals surface area contributed by atoms with Crippen molar-refractivity contribution in [3.05, 3.63) is 267 Å². The summed E-state index contributed by atoms with van der Waals surface area (Å²) in [5.74, 6) is 5.40. The van der Waals surface area contributed by atoms with Gasteiger partial charge >= 0.3 is 0 Å². The fourth-order valence-electron chi connectivity index (χ4n) is 14.8. The van der Waals surface area contributed by atoms with Crippen molar-refractivity contribution in [3.8, 4) is 46.1 Å². The Morgan fingerprint density at radius 3 is 1.00 bits per heavy atom. The molecule has 8 heterocycles. The largest absolute Gasteiger partial charge is 0.493 e. The van der Waals surface area contributed by atoms with Gasteiger partial charge in [-0.1, -0.05) is 146 Å². The number of hydrogen-bond acceptors (Lipinski definition) is 7. The molecule has 0 amide bonds. The Labute approximate surface area is 543 Å². The van der Waals surface area contributed by atoms with Gasteiger partial charge in [-0.3, -0.25) is 13.7 Å². The highest BCUT2D eigenvalue weighted by atomic mass is 16.5. The van der Waals surface area contributed by atoms with Crippen LogP contribution in [0.2, 0.25) is 0 Å². The van der Waals surface area contributed by atoms with Gasteiger partial charge in [0.15, 0.2) is 5.58 Å². The van der Waals surface area contributed by atoms with Gasteiger partial charge in [-0.15, -0.1) is 0 Å². The van der Waals surface area contributed by atoms with E-state index in [1.54, 1.807) is 0 Å². The third-order valence-corrected chi connectivity index (χ3v) is 19.0. The molecule has 0 unspecified atom stereocenters. The average molecular weight is 1230 g/mol. The predicted octanol–water partition coefficient (Wildman–Crippen LogP) is 20.1. The predicted molar refractivity (Wildman–Crippen MR) is 385 cm³/mol. The molecule has 19 aromatic rings. The number of benzene rings is 11. The highest BCUT2D eigenvalue weighted by Crippen LogP contribution is 2.43. The summed E-state index contributed by atoms with van der Waals surface area (Å²) in [6.07, 6.45) is 1.33. The molecule has 0 bridgehead atoms. The molecule has 12 nitrogen and oxygen atoms in total. The van der Waals surface area contributed by atoms with Crippen molar-refractivity contribution >= 4 is 131 Å². The van der Waals surface area contributed by atoms with Gasteiger partial charge in [-0.05, 0) is 97.1 Å². The van der Waals surface area contributed by atoms with E-state index in [9.17, 15) is 0 Å². The Hall–Kier alpha value is -12.3. The molecule has 0 atom stereocenters. The molecular weight excluding hydrogens is 1170 g/mol. The second kappa shape index (κ2) is 22.0. The molecule has 0 saturated carbocycles. The molecule has 19 rings (SSSR count). The van der Waals surface area contributed by atoms with Gasteiger partial charge in [0.1, 0.15) is 51.6 Å². The number of hydrogen-bond donors (Lipinski definition) is 0. The van der Waals surface area contributed by atoms with Crippen molar-refractivity contribution in [1.29, 1.82) is 0 Å². The Bertz CT molecular complexity index is 5950. The summed E-state index contributed by atoms with van der Waals surface area (Å²) in [7, 11) is 2.10. The molecule has 0 fully saturated rings. The van der Waals surface area contributed by atoms with Gasteiger partial charge in [-0.25, -0.2) is 9.97 Å². The first-order valence-electron chi connectivity index (χ1n) is 32.4. The van der Waals surface area contributed by atoms with E-state index in [1.165, 1.54) is 43.1 Å². The molecule has 0 aliphatic carbocycles. The van der Waals surface area contributed by atoms with Crippen LogP contribution in [-0.2, 0) is 7.05 Å². The number of fused-ring (bicyclic) bond motifs is 18. The summed E-state index contributed by atoms with van der Waals surface area (Å²) < 4.78 is 44.4. The van der Waals surface area contributed by atoms with Crippen molar-refractivity contribution < 1.29 is 23.4 Å². The molecule has 8 aromatic heterocycles. The van der Waals surface area contributed by atoms with E-state index in [-0.39, 0.29) is 0 Å². The van der Waals surface area contributed by atoms with Crippen LogP contribution in [-0.4, -0.2) is 59.2 Å². The number of ether oxygens (including phenoxy) is 4. The van der Waals surface area contributed by atoms with Crippen LogP contribution >= 0.6 is 0 Å². The summed E-state index contributed by atoms with van der Waals surface area (Å²) in [5, 5.41) is 12.5. The molecule has 0 radical (unpaired) electrons. The zero-order valence-corrected chi connectivity index (χ0v) is 51.8. The first kappa shape index (κ1) is 54.5. The summed E-state index contributed by atoms with van der Waals surface area (Å²) in [6.45, 7) is 1.83. The van der Waals surface area contributed by atoms with Gasteiger partial charge in [0.2, 0.25) is 0 Å². The lowest BCUT2D eigenvalue weighted by Gasteiger charge is -2.15. The molecule has 0 spiro atoms. The van der Waals surface area contributed by atoms with Crippen LogP contribution < -0.4 is 18.9 Å². The molecule has 95 heavy (non-hydrogen) atoms. The molecule has 0 aliphatic rings. The molecule has 11 aromatic carbocycles. The smallest absolute Gasteiger partial charge is 0.178 e. The normalized spacial score (nSPS) is 12.1. The zero-order valence-electron chi connectivity index (χ0n) is 51.8. The van der Waals surface area contributed by atoms with Gasteiger partial charge < -0.3 is 32.5 Å². The Balaban J connectivity index is 0.554. The highest BCUT2D eigenvalue weighted by Gasteiger charge is 2.24. The lowest BCUT2D eigenvalue weighted by atomic mass is 10.1. The van der Waals surface area contributed by atoms with E-state index in [2.05, 4.69) is 279 Å². The van der Waals surface area contributed by atoms with Crippen LogP contribution in [0.4, 0.5) is 0 Å². The Kier molecular flexibility index (Phi) is 12.6. The lowest BCUT2D eigenvalue weighted by molar-refractivity contribution is 0.247. The van der Waals surface area contributed by atoms with Crippen molar-refractivity contribution in [3.63, 3.8) is 0 Å². The minimum absolute atomic E-state index is 0.443. The number of para-hydroxylation sites is 8. The quantitative estimate of drug-likeness (QED) is 0.0888. The Morgan fingerprint density at radius 2 is 0.611 bits per heavy atom. The molecule has 12 heteroatoms. The molecule has 0 saturated heterocycles. The lowest BCUT2D eigenvalue weighted by Crippen LogP contribution is -2.08. The van der Waals surface area contributed by atoms with Crippen molar-refractivity contribution in [2.24, 2.45) is 7.05 Å². The fourth-order valence-corrected chi connectivity index (χ4v) is 14.8. The zero-order chi connectivity index (χ0) is 62.7. The standard InChI is InChI=1S/C83H59N7O5/c1-86-67-40-37-52(91-42-18-44-93-54-36-39-64-78(48-54)95-83-77(87-69-28-10-2-20-56(69)57-21-3-11-29-70(57)87)51-81(85-82(64)83)90-75-34-16-8-26-62(75)63-27-9-17-35-76(63)90)46-65(67)66-47-53(38-41-68(66)86)92-43-19-45-94-55-49-79(88-71-30-12-4-22-58(71)59-23-5-13-31-72(59)88)84-80(50-55)89-73-32-14-6-24-60(73)61-25-7-15-33-74(61)89/h2-17,20-41,46-51H,18-19,42-45H2,1H3. The SMILES string of the molecule is Cn1c2ccc(OCCCOc3cc(-n4c5ccccc5c5ccccc54)nc(-n4c5ccccc5c5ccccc54)c3)cc2c2cc(OCCCOc3ccc4c(c3)oc3c(-n5c6ccccc6c6ccccc65)cc(-n5c6ccccc6c6ccccc65)nc34)ccc21. The van der Waals surface area contributed by atoms with Gasteiger partial charge in [0, 0.05) is 114 Å². The molecule has 0 N–H and O–H groups in total. The van der Waals surface area contributed by atoms with Crippen molar-refractivity contribution in [2.75, 3.05) is 26.4 Å². The van der Waals surface area contributed by atoms with Crippen LogP contribution in [0.3, 0.4) is 0 Å². The van der Waals surface area contributed by atoms with Gasteiger partial charge in [0.05, 0.1) is 76.2 Å². The molecular formula is C83H59N7O5.